The first-order valence-corrected chi connectivity index (χ1v) is 12.5. The van der Waals surface area contributed by atoms with Crippen LogP contribution in [0.15, 0.2) is 79.1 Å². The number of aromatic nitrogens is 1. The topological polar surface area (TPSA) is 76.6 Å². The number of para-hydroxylation sites is 1. The van der Waals surface area contributed by atoms with E-state index in [9.17, 15) is 13.2 Å². The minimum absolute atomic E-state index is 0.0103. The van der Waals surface area contributed by atoms with Crippen LogP contribution in [-0.2, 0) is 27.6 Å². The number of pyridine rings is 1. The summed E-state index contributed by atoms with van der Waals surface area (Å²) < 4.78 is 30.0. The lowest BCUT2D eigenvalue weighted by atomic mass is 10.0. The quantitative estimate of drug-likeness (QED) is 0.527. The molecule has 1 fully saturated rings. The first kappa shape index (κ1) is 22.0. The zero-order valence-electron chi connectivity index (χ0n) is 17.8. The first-order valence-electron chi connectivity index (χ1n) is 10.6. The van der Waals surface area contributed by atoms with Crippen molar-refractivity contribution in [3.63, 3.8) is 0 Å². The molecule has 0 bridgehead atoms. The van der Waals surface area contributed by atoms with Gasteiger partial charge in [0.15, 0.2) is 16.4 Å². The molecule has 1 aromatic heterocycles. The van der Waals surface area contributed by atoms with E-state index >= 15 is 0 Å². The van der Waals surface area contributed by atoms with Crippen molar-refractivity contribution < 1.29 is 17.9 Å². The van der Waals surface area contributed by atoms with E-state index < -0.39 is 9.84 Å². The van der Waals surface area contributed by atoms with Crippen molar-refractivity contribution in [1.29, 1.82) is 0 Å². The molecule has 166 valence electrons. The summed E-state index contributed by atoms with van der Waals surface area (Å²) in [6.07, 6.45) is 4.51. The fraction of sp³-hybridized carbons (Fsp3) is 0.280. The largest absolute Gasteiger partial charge is 0.483 e. The van der Waals surface area contributed by atoms with Crippen LogP contribution < -0.4 is 4.74 Å². The van der Waals surface area contributed by atoms with Gasteiger partial charge in [0.1, 0.15) is 5.75 Å². The first-order chi connectivity index (χ1) is 15.5. The fourth-order valence-electron chi connectivity index (χ4n) is 3.96. The monoisotopic (exact) mass is 450 g/mol. The van der Waals surface area contributed by atoms with Crippen molar-refractivity contribution in [2.75, 3.05) is 18.1 Å². The second-order valence-electron chi connectivity index (χ2n) is 8.00. The lowest BCUT2D eigenvalue weighted by Gasteiger charge is -2.28. The number of ether oxygens (including phenoxy) is 1. The van der Waals surface area contributed by atoms with Crippen LogP contribution in [0.4, 0.5) is 0 Å². The van der Waals surface area contributed by atoms with E-state index in [0.29, 0.717) is 25.1 Å². The molecule has 32 heavy (non-hydrogen) atoms. The highest BCUT2D eigenvalue weighted by atomic mass is 32.2. The van der Waals surface area contributed by atoms with E-state index in [1.165, 1.54) is 0 Å². The Labute approximate surface area is 188 Å². The molecule has 0 N–H and O–H groups in total. The number of amides is 1. The van der Waals surface area contributed by atoms with Crippen molar-refractivity contribution in [2.45, 2.75) is 25.4 Å². The highest BCUT2D eigenvalue weighted by Crippen LogP contribution is 2.23. The lowest BCUT2D eigenvalue weighted by molar-refractivity contribution is -0.136. The highest BCUT2D eigenvalue weighted by molar-refractivity contribution is 7.91. The van der Waals surface area contributed by atoms with Crippen molar-refractivity contribution in [3.8, 4) is 5.75 Å². The molecule has 1 aliphatic rings. The van der Waals surface area contributed by atoms with E-state index in [-0.39, 0.29) is 30.1 Å². The van der Waals surface area contributed by atoms with E-state index in [1.807, 2.05) is 48.5 Å². The van der Waals surface area contributed by atoms with Crippen molar-refractivity contribution in [2.24, 2.45) is 0 Å². The van der Waals surface area contributed by atoms with Gasteiger partial charge in [-0.2, -0.15) is 0 Å². The number of sulfone groups is 1. The highest BCUT2D eigenvalue weighted by Gasteiger charge is 2.34. The van der Waals surface area contributed by atoms with Crippen LogP contribution in [0, 0.1) is 0 Å². The predicted molar refractivity (Wildman–Crippen MR) is 123 cm³/mol. The van der Waals surface area contributed by atoms with Gasteiger partial charge in [0.2, 0.25) is 0 Å². The van der Waals surface area contributed by atoms with Gasteiger partial charge in [-0.3, -0.25) is 9.78 Å². The number of nitrogens with zero attached hydrogens (tertiary/aromatic N) is 2. The van der Waals surface area contributed by atoms with Crippen LogP contribution in [0.2, 0.25) is 0 Å². The third-order valence-corrected chi connectivity index (χ3v) is 7.36. The average molecular weight is 451 g/mol. The molecule has 0 radical (unpaired) electrons. The molecule has 2 aromatic carbocycles. The van der Waals surface area contributed by atoms with Crippen LogP contribution in [0.5, 0.6) is 5.75 Å². The van der Waals surface area contributed by atoms with E-state index in [2.05, 4.69) is 17.1 Å². The van der Waals surface area contributed by atoms with Gasteiger partial charge < -0.3 is 9.64 Å². The average Bonchev–Trinajstić information content (AvgIpc) is 3.17. The molecular formula is C25H26N2O4S. The van der Waals surface area contributed by atoms with Gasteiger partial charge in [-0.05, 0) is 35.2 Å². The second-order valence-corrected chi connectivity index (χ2v) is 10.2. The summed E-state index contributed by atoms with van der Waals surface area (Å²) in [6.45, 7) is 0.157. The molecular weight excluding hydrogens is 424 g/mol. The number of hydrogen-bond acceptors (Lipinski definition) is 5. The van der Waals surface area contributed by atoms with Gasteiger partial charge in [-0.15, -0.1) is 0 Å². The Morgan fingerprint density at radius 1 is 1.00 bits per heavy atom. The van der Waals surface area contributed by atoms with Crippen LogP contribution >= 0.6 is 0 Å². The molecule has 0 unspecified atom stereocenters. The van der Waals surface area contributed by atoms with Gasteiger partial charge >= 0.3 is 0 Å². The SMILES string of the molecule is O=C(COc1ccccc1Cc1ccccc1)N(Cc1cccnc1)[C@H]1CCS(=O)(=O)C1. The van der Waals surface area contributed by atoms with Crippen molar-refractivity contribution in [3.05, 3.63) is 95.8 Å². The van der Waals surface area contributed by atoms with Gasteiger partial charge in [-0.1, -0.05) is 54.6 Å². The second kappa shape index (κ2) is 9.96. The lowest BCUT2D eigenvalue weighted by Crippen LogP contribution is -2.43. The van der Waals surface area contributed by atoms with Gasteiger partial charge in [0.25, 0.3) is 5.91 Å². The predicted octanol–water partition coefficient (Wildman–Crippen LogP) is 3.27. The molecule has 1 saturated heterocycles. The smallest absolute Gasteiger partial charge is 0.261 e. The van der Waals surface area contributed by atoms with Crippen LogP contribution in [0.3, 0.4) is 0 Å². The molecule has 1 atom stereocenters. The van der Waals surface area contributed by atoms with Crippen LogP contribution in [0.1, 0.15) is 23.1 Å². The Kier molecular flexibility index (Phi) is 6.85. The molecule has 0 aliphatic carbocycles. The number of carbonyl (C=O) groups is 1. The number of benzene rings is 2. The fourth-order valence-corrected chi connectivity index (χ4v) is 5.69. The standard InChI is InChI=1S/C25H26N2O4S/c28-25(18-31-24-11-5-4-10-22(24)15-20-7-2-1-3-8-20)27(17-21-9-6-13-26-16-21)23-12-14-32(29,30)19-23/h1-11,13,16,23H,12,14-15,17-19H2/t23-/m0/s1. The molecule has 0 spiro atoms. The Bertz CT molecular complexity index is 1150. The minimum Gasteiger partial charge on any atom is -0.483 e. The summed E-state index contributed by atoms with van der Waals surface area (Å²) in [4.78, 5) is 18.9. The Balaban J connectivity index is 1.48. The minimum atomic E-state index is -3.13. The number of hydrogen-bond donors (Lipinski definition) is 0. The molecule has 6 nitrogen and oxygen atoms in total. The Morgan fingerprint density at radius 3 is 2.47 bits per heavy atom. The number of carbonyl (C=O) groups excluding carboxylic acids is 1. The Hall–Kier alpha value is -3.19. The molecule has 1 amide bonds. The van der Waals surface area contributed by atoms with Crippen LogP contribution in [-0.4, -0.2) is 48.4 Å². The summed E-state index contributed by atoms with van der Waals surface area (Å²) in [5, 5.41) is 0. The summed E-state index contributed by atoms with van der Waals surface area (Å²) in [6, 6.07) is 21.1. The number of rotatable bonds is 8. The normalized spacial score (nSPS) is 17.1. The van der Waals surface area contributed by atoms with Crippen molar-refractivity contribution >= 4 is 15.7 Å². The summed E-state index contributed by atoms with van der Waals surface area (Å²) >= 11 is 0. The zero-order valence-corrected chi connectivity index (χ0v) is 18.6. The maximum absolute atomic E-state index is 13.2. The molecule has 7 heteroatoms. The molecule has 1 aliphatic heterocycles. The third-order valence-electron chi connectivity index (χ3n) is 5.61. The maximum atomic E-state index is 13.2. The molecule has 3 aromatic rings. The summed E-state index contributed by atoms with van der Waals surface area (Å²) in [5.41, 5.74) is 3.01. The maximum Gasteiger partial charge on any atom is 0.261 e. The van der Waals surface area contributed by atoms with E-state index in [4.69, 9.17) is 4.74 Å². The summed E-state index contributed by atoms with van der Waals surface area (Å²) in [5.74, 6) is 0.523. The molecule has 0 saturated carbocycles. The zero-order chi connectivity index (χ0) is 22.4. The van der Waals surface area contributed by atoms with Gasteiger partial charge in [0.05, 0.1) is 11.5 Å². The third kappa shape index (κ3) is 5.73. The van der Waals surface area contributed by atoms with E-state index in [1.54, 1.807) is 23.4 Å². The molecule has 2 heterocycles. The Morgan fingerprint density at radius 2 is 1.75 bits per heavy atom. The summed E-state index contributed by atoms with van der Waals surface area (Å²) in [7, 11) is -3.13. The van der Waals surface area contributed by atoms with E-state index in [0.717, 1.165) is 16.7 Å². The van der Waals surface area contributed by atoms with Gasteiger partial charge in [0, 0.05) is 31.4 Å². The molecule has 4 rings (SSSR count). The van der Waals surface area contributed by atoms with Crippen LogP contribution in [0.25, 0.3) is 0 Å². The van der Waals surface area contributed by atoms with Crippen molar-refractivity contribution in [1.82, 2.24) is 9.88 Å². The van der Waals surface area contributed by atoms with Gasteiger partial charge in [-0.25, -0.2) is 8.42 Å².